The highest BCUT2D eigenvalue weighted by atomic mass is 79.9. The highest BCUT2D eigenvalue weighted by molar-refractivity contribution is 9.10. The summed E-state index contributed by atoms with van der Waals surface area (Å²) < 4.78 is 0.801. The van der Waals surface area contributed by atoms with E-state index in [2.05, 4.69) is 55.8 Å². The first-order valence-electron chi connectivity index (χ1n) is 13.8. The molecular weight excluding hydrogens is 500 g/mol. The van der Waals surface area contributed by atoms with Crippen molar-refractivity contribution in [1.82, 2.24) is 0 Å². The predicted molar refractivity (Wildman–Crippen MR) is 140 cm³/mol. The Morgan fingerprint density at radius 2 is 1.20 bits per heavy atom. The zero-order valence-corrected chi connectivity index (χ0v) is 23.5. The van der Waals surface area contributed by atoms with Crippen LogP contribution in [0.2, 0.25) is 0 Å². The molecule has 190 valence electrons. The largest absolute Gasteiger partial charge is 0.507 e. The van der Waals surface area contributed by atoms with Gasteiger partial charge in [0, 0.05) is 0 Å². The first-order chi connectivity index (χ1) is 16.1. The third kappa shape index (κ3) is 2.87. The fourth-order valence-corrected chi connectivity index (χ4v) is 14.3. The molecule has 0 radical (unpaired) electrons. The summed E-state index contributed by atoms with van der Waals surface area (Å²) in [5, 5.41) is 20.9. The fraction of sp³-hybridized carbons (Fsp3) is 0.774. The Labute approximate surface area is 218 Å². The Morgan fingerprint density at radius 3 is 1.69 bits per heavy atom. The van der Waals surface area contributed by atoms with E-state index in [1.54, 1.807) is 0 Å². The van der Waals surface area contributed by atoms with Gasteiger partial charge in [-0.1, -0.05) is 33.8 Å². The topological polar surface area (TPSA) is 57.5 Å². The molecule has 35 heavy (non-hydrogen) atoms. The molecule has 1 aromatic carbocycles. The number of phenolic OH excluding ortho intramolecular Hbond substituents is 1. The summed E-state index contributed by atoms with van der Waals surface area (Å²) in [5.41, 5.74) is 2.23. The lowest BCUT2D eigenvalue weighted by Gasteiger charge is -2.79. The smallest absolute Gasteiger partial charge is 0.309 e. The molecule has 8 aliphatic carbocycles. The Kier molecular flexibility index (Phi) is 4.07. The minimum atomic E-state index is -0.530. The number of hydrogen-bond donors (Lipinski definition) is 2. The minimum absolute atomic E-state index is 0.121. The van der Waals surface area contributed by atoms with Crippen molar-refractivity contribution in [3.8, 4) is 5.75 Å². The van der Waals surface area contributed by atoms with E-state index >= 15 is 0 Å². The van der Waals surface area contributed by atoms with Gasteiger partial charge in [-0.3, -0.25) is 4.79 Å². The van der Waals surface area contributed by atoms with E-state index in [0.717, 1.165) is 23.7 Å². The number of phenols is 1. The number of carboxylic acid groups (broad SMARTS) is 1. The van der Waals surface area contributed by atoms with Crippen LogP contribution in [0.1, 0.15) is 110 Å². The summed E-state index contributed by atoms with van der Waals surface area (Å²) >= 11 is 3.62. The lowest BCUT2D eigenvalue weighted by molar-refractivity contribution is -0.286. The van der Waals surface area contributed by atoms with Crippen molar-refractivity contribution < 1.29 is 15.0 Å². The summed E-state index contributed by atoms with van der Waals surface area (Å²) in [6.45, 7) is 9.98. The number of carbonyl (C=O) groups is 1. The predicted octanol–water partition coefficient (Wildman–Crippen LogP) is 8.22. The molecule has 4 unspecified atom stereocenters. The molecule has 8 fully saturated rings. The summed E-state index contributed by atoms with van der Waals surface area (Å²) in [5.74, 6) is -0.200. The van der Waals surface area contributed by atoms with Crippen LogP contribution >= 0.6 is 15.9 Å². The number of hydrogen-bond acceptors (Lipinski definition) is 2. The molecule has 8 bridgehead atoms. The van der Waals surface area contributed by atoms with E-state index < -0.39 is 11.4 Å². The third-order valence-electron chi connectivity index (χ3n) is 12.3. The molecule has 1 aromatic rings. The lowest BCUT2D eigenvalue weighted by Crippen LogP contribution is -2.71. The second kappa shape index (κ2) is 6.16. The van der Waals surface area contributed by atoms with E-state index in [4.69, 9.17) is 0 Å². The van der Waals surface area contributed by atoms with Crippen molar-refractivity contribution in [2.75, 3.05) is 0 Å². The molecule has 0 aliphatic heterocycles. The van der Waals surface area contributed by atoms with Crippen LogP contribution in [0, 0.1) is 37.9 Å². The number of aliphatic carboxylic acids is 1. The van der Waals surface area contributed by atoms with Gasteiger partial charge in [-0.05, 0) is 149 Å². The van der Waals surface area contributed by atoms with Crippen LogP contribution in [0.4, 0.5) is 0 Å². The zero-order chi connectivity index (χ0) is 24.9. The van der Waals surface area contributed by atoms with Crippen LogP contribution < -0.4 is 0 Å². The van der Waals surface area contributed by atoms with Crippen LogP contribution in [0.3, 0.4) is 0 Å². The minimum Gasteiger partial charge on any atom is -0.507 e. The molecule has 3 nitrogen and oxygen atoms in total. The fourth-order valence-electron chi connectivity index (χ4n) is 13.9. The van der Waals surface area contributed by atoms with E-state index in [9.17, 15) is 15.0 Å². The van der Waals surface area contributed by atoms with Crippen molar-refractivity contribution >= 4 is 21.9 Å². The van der Waals surface area contributed by atoms with Crippen molar-refractivity contribution in [3.05, 3.63) is 28.2 Å². The molecule has 0 aromatic heterocycles. The zero-order valence-electron chi connectivity index (χ0n) is 21.9. The van der Waals surface area contributed by atoms with Gasteiger partial charge in [0.15, 0.2) is 0 Å². The maximum Gasteiger partial charge on any atom is 0.309 e. The van der Waals surface area contributed by atoms with E-state index in [0.29, 0.717) is 16.6 Å². The van der Waals surface area contributed by atoms with Gasteiger partial charge in [-0.25, -0.2) is 0 Å². The van der Waals surface area contributed by atoms with Crippen LogP contribution in [-0.2, 0) is 10.2 Å². The van der Waals surface area contributed by atoms with Crippen molar-refractivity contribution in [2.24, 2.45) is 37.9 Å². The summed E-state index contributed by atoms with van der Waals surface area (Å²) in [7, 11) is 0. The maximum atomic E-state index is 13.0. The molecule has 0 spiro atoms. The number of benzene rings is 1. The molecule has 4 heteroatoms. The molecule has 0 heterocycles. The van der Waals surface area contributed by atoms with E-state index in [1.165, 1.54) is 63.4 Å². The Morgan fingerprint density at radius 1 is 0.714 bits per heavy atom. The first kappa shape index (κ1) is 23.1. The van der Waals surface area contributed by atoms with Crippen molar-refractivity contribution in [2.45, 2.75) is 110 Å². The summed E-state index contributed by atoms with van der Waals surface area (Å²) in [6, 6.07) is 6.26. The Balaban J connectivity index is 1.42. The second-order valence-corrected chi connectivity index (χ2v) is 17.3. The first-order valence-corrected chi connectivity index (χ1v) is 14.6. The number of aromatic hydroxyl groups is 1. The monoisotopic (exact) mass is 540 g/mol. The molecular formula is C31H41BrO3. The van der Waals surface area contributed by atoms with Gasteiger partial charge in [-0.15, -0.1) is 0 Å². The quantitative estimate of drug-likeness (QED) is 0.405. The molecule has 8 saturated carbocycles. The van der Waals surface area contributed by atoms with E-state index in [-0.39, 0.29) is 27.1 Å². The van der Waals surface area contributed by atoms with Gasteiger partial charge in [0.05, 0.1) is 9.89 Å². The van der Waals surface area contributed by atoms with Crippen molar-refractivity contribution in [1.29, 1.82) is 0 Å². The van der Waals surface area contributed by atoms with Gasteiger partial charge in [0.1, 0.15) is 5.75 Å². The molecule has 8 aliphatic rings. The number of halogens is 1. The van der Waals surface area contributed by atoms with Gasteiger partial charge >= 0.3 is 5.97 Å². The normalized spacial score (nSPS) is 55.5. The average molecular weight is 542 g/mol. The van der Waals surface area contributed by atoms with Crippen LogP contribution in [0.15, 0.2) is 22.7 Å². The van der Waals surface area contributed by atoms with Gasteiger partial charge in [-0.2, -0.15) is 0 Å². The van der Waals surface area contributed by atoms with Crippen LogP contribution in [0.25, 0.3) is 0 Å². The van der Waals surface area contributed by atoms with Crippen LogP contribution in [0.5, 0.6) is 5.75 Å². The van der Waals surface area contributed by atoms with Gasteiger partial charge in [0.25, 0.3) is 0 Å². The molecule has 4 atom stereocenters. The van der Waals surface area contributed by atoms with E-state index in [1.807, 2.05) is 6.07 Å². The third-order valence-corrected chi connectivity index (χ3v) is 13.0. The number of rotatable bonds is 3. The van der Waals surface area contributed by atoms with Gasteiger partial charge in [0.2, 0.25) is 0 Å². The van der Waals surface area contributed by atoms with Crippen LogP contribution in [-0.4, -0.2) is 16.2 Å². The number of carboxylic acids is 1. The Hall–Kier alpha value is -1.03. The lowest BCUT2D eigenvalue weighted by atomic mass is 9.25. The highest BCUT2D eigenvalue weighted by Gasteiger charge is 2.77. The highest BCUT2D eigenvalue weighted by Crippen LogP contribution is 2.85. The summed E-state index contributed by atoms with van der Waals surface area (Å²) in [4.78, 5) is 13.0. The molecule has 2 N–H and O–H groups in total. The molecule has 0 saturated heterocycles. The summed E-state index contributed by atoms with van der Waals surface area (Å²) in [6.07, 6.45) is 13.8. The average Bonchev–Trinajstić information content (AvgIpc) is 2.64. The second-order valence-electron chi connectivity index (χ2n) is 16.5. The standard InChI is InChI=1S/C31H41BrO3/c1-24-8-25(2)11-28(10-24,20-5-6-22(33)21(32)7-20)18-30(14-24,15-25)31-16-26(3)9-27(4,17-31)13-29(12-26,19-31)23(34)35/h5-7,33H,8-19H2,1-4H3,(H,34,35). The molecule has 0 amide bonds. The SMILES string of the molecule is CC12CC3(C)CC(C(=O)O)(C1)CC(C14CC5(C)CC(C)(CC(c6ccc(O)c(Br)c6)(C5)C1)C4)(C2)C3. The maximum absolute atomic E-state index is 13.0. The molecule has 9 rings (SSSR count). The van der Waals surface area contributed by atoms with Crippen molar-refractivity contribution in [3.63, 3.8) is 0 Å². The van der Waals surface area contributed by atoms with Gasteiger partial charge < -0.3 is 10.2 Å². The Bertz CT molecular complexity index is 1130.